The molecule has 1 unspecified atom stereocenters. The van der Waals surface area contributed by atoms with E-state index >= 15 is 0 Å². The number of hydrogen-bond donors (Lipinski definition) is 4. The third-order valence-corrected chi connectivity index (χ3v) is 0.941. The summed E-state index contributed by atoms with van der Waals surface area (Å²) in [5.74, 6) is -1.48. The molecule has 0 aliphatic carbocycles. The molecule has 4 N–H and O–H groups in total. The highest BCUT2D eigenvalue weighted by molar-refractivity contribution is 5.81. The molecule has 0 aromatic carbocycles. The van der Waals surface area contributed by atoms with Crippen LogP contribution in [-0.4, -0.2) is 58.3 Å². The van der Waals surface area contributed by atoms with Crippen LogP contribution < -0.4 is 0 Å². The van der Waals surface area contributed by atoms with E-state index in [1.807, 2.05) is 0 Å². The van der Waals surface area contributed by atoms with E-state index in [0.29, 0.717) is 0 Å². The van der Waals surface area contributed by atoms with Crippen LogP contribution in [0.15, 0.2) is 25.3 Å². The molecule has 7 nitrogen and oxygen atoms in total. The SMILES string of the molecule is C=CC(=O)O.C=CC(=O)OCCO.CC(O)CO. The number of aliphatic hydroxyl groups excluding tert-OH is 3. The summed E-state index contributed by atoms with van der Waals surface area (Å²) in [6.07, 6.45) is 1.32. The summed E-state index contributed by atoms with van der Waals surface area (Å²) >= 11 is 0. The van der Waals surface area contributed by atoms with E-state index in [1.165, 1.54) is 6.92 Å². The van der Waals surface area contributed by atoms with E-state index in [1.54, 1.807) is 0 Å². The maximum absolute atomic E-state index is 10.1. The Labute approximate surface area is 106 Å². The van der Waals surface area contributed by atoms with Crippen LogP contribution in [0.5, 0.6) is 0 Å². The van der Waals surface area contributed by atoms with Crippen LogP contribution in [0, 0.1) is 0 Å². The van der Waals surface area contributed by atoms with E-state index in [9.17, 15) is 9.59 Å². The Morgan fingerprint density at radius 1 is 1.28 bits per heavy atom. The number of rotatable bonds is 5. The van der Waals surface area contributed by atoms with Gasteiger partial charge < -0.3 is 25.2 Å². The summed E-state index contributed by atoms with van der Waals surface area (Å²) in [6, 6.07) is 0. The molecule has 1 atom stereocenters. The summed E-state index contributed by atoms with van der Waals surface area (Å²) < 4.78 is 4.33. The minimum atomic E-state index is -0.981. The zero-order valence-corrected chi connectivity index (χ0v) is 10.3. The van der Waals surface area contributed by atoms with Crippen molar-refractivity contribution >= 4 is 11.9 Å². The average Bonchev–Trinajstić information content (AvgIpc) is 2.37. The summed E-state index contributed by atoms with van der Waals surface area (Å²) in [7, 11) is 0. The van der Waals surface area contributed by atoms with Crippen LogP contribution >= 0.6 is 0 Å². The van der Waals surface area contributed by atoms with Gasteiger partial charge in [-0.25, -0.2) is 9.59 Å². The first kappa shape index (κ1) is 21.6. The van der Waals surface area contributed by atoms with Crippen molar-refractivity contribution in [1.82, 2.24) is 0 Å². The number of ether oxygens (including phenoxy) is 1. The highest BCUT2D eigenvalue weighted by atomic mass is 16.5. The Bertz CT molecular complexity index is 236. The largest absolute Gasteiger partial charge is 0.478 e. The first-order valence-electron chi connectivity index (χ1n) is 4.89. The third-order valence-electron chi connectivity index (χ3n) is 0.941. The van der Waals surface area contributed by atoms with Gasteiger partial charge in [0.25, 0.3) is 0 Å². The van der Waals surface area contributed by atoms with Crippen molar-refractivity contribution in [2.24, 2.45) is 0 Å². The van der Waals surface area contributed by atoms with Gasteiger partial charge in [-0.15, -0.1) is 0 Å². The number of carbonyl (C=O) groups excluding carboxylic acids is 1. The fraction of sp³-hybridized carbons (Fsp3) is 0.455. The zero-order chi connectivity index (χ0) is 15.0. The molecule has 0 rings (SSSR count). The Morgan fingerprint density at radius 2 is 1.67 bits per heavy atom. The van der Waals surface area contributed by atoms with Crippen molar-refractivity contribution in [1.29, 1.82) is 0 Å². The first-order valence-corrected chi connectivity index (χ1v) is 4.89. The lowest BCUT2D eigenvalue weighted by Gasteiger charge is -1.94. The average molecular weight is 264 g/mol. The van der Waals surface area contributed by atoms with Crippen LogP contribution in [0.1, 0.15) is 6.92 Å². The molecule has 0 spiro atoms. The van der Waals surface area contributed by atoms with Gasteiger partial charge in [0.1, 0.15) is 6.61 Å². The molecule has 18 heavy (non-hydrogen) atoms. The van der Waals surface area contributed by atoms with E-state index in [2.05, 4.69) is 17.9 Å². The van der Waals surface area contributed by atoms with E-state index in [0.717, 1.165) is 12.2 Å². The van der Waals surface area contributed by atoms with Gasteiger partial charge in [0.2, 0.25) is 0 Å². The molecule has 0 fully saturated rings. The van der Waals surface area contributed by atoms with Crippen molar-refractivity contribution < 1.29 is 34.8 Å². The molecule has 0 saturated carbocycles. The maximum Gasteiger partial charge on any atom is 0.330 e. The summed E-state index contributed by atoms with van der Waals surface area (Å²) in [5.41, 5.74) is 0. The van der Waals surface area contributed by atoms with Gasteiger partial charge in [-0.3, -0.25) is 0 Å². The molecule has 0 aromatic heterocycles. The fourth-order valence-corrected chi connectivity index (χ4v) is 0.205. The lowest BCUT2D eigenvalue weighted by molar-refractivity contribution is -0.138. The van der Waals surface area contributed by atoms with Crippen LogP contribution in [-0.2, 0) is 14.3 Å². The van der Waals surface area contributed by atoms with Gasteiger partial charge >= 0.3 is 11.9 Å². The third kappa shape index (κ3) is 36.7. The second-order valence-corrected chi connectivity index (χ2v) is 2.67. The topological polar surface area (TPSA) is 124 Å². The number of carbonyl (C=O) groups is 2. The second kappa shape index (κ2) is 17.7. The van der Waals surface area contributed by atoms with Crippen molar-refractivity contribution in [2.45, 2.75) is 13.0 Å². The fourth-order valence-electron chi connectivity index (χ4n) is 0.205. The molecule has 0 aliphatic heterocycles. The molecule has 0 aliphatic rings. The van der Waals surface area contributed by atoms with Crippen LogP contribution in [0.4, 0.5) is 0 Å². The molecule has 0 bridgehead atoms. The van der Waals surface area contributed by atoms with E-state index in [4.69, 9.17) is 20.4 Å². The van der Waals surface area contributed by atoms with Gasteiger partial charge in [-0.05, 0) is 6.92 Å². The van der Waals surface area contributed by atoms with Gasteiger partial charge in [0.05, 0.1) is 19.3 Å². The number of aliphatic hydroxyl groups is 3. The standard InChI is InChI=1S/C5H8O3.C3H8O2.C3H4O2/c1-2-5(7)8-4-3-6;1-3(5)2-4;1-2-3(4)5/h2,6H,1,3-4H2;3-5H,2H2,1H3;2H,1H2,(H,4,5). The molecule has 0 saturated heterocycles. The molecule has 0 heterocycles. The van der Waals surface area contributed by atoms with Gasteiger partial charge in [-0.1, -0.05) is 13.2 Å². The molecule has 0 radical (unpaired) electrons. The monoisotopic (exact) mass is 264 g/mol. The Kier molecular flexibility index (Phi) is 21.2. The minimum Gasteiger partial charge on any atom is -0.478 e. The molecular weight excluding hydrogens is 244 g/mol. The molecule has 106 valence electrons. The number of hydrogen-bond acceptors (Lipinski definition) is 6. The highest BCUT2D eigenvalue weighted by Crippen LogP contribution is 1.75. The lowest BCUT2D eigenvalue weighted by Crippen LogP contribution is -2.04. The predicted octanol–water partition coefficient (Wildman–Crippen LogP) is -0.676. The maximum atomic E-state index is 10.1. The Morgan fingerprint density at radius 3 is 1.83 bits per heavy atom. The number of carboxylic acid groups (broad SMARTS) is 1. The van der Waals surface area contributed by atoms with Gasteiger partial charge in [-0.2, -0.15) is 0 Å². The molecule has 0 aromatic rings. The van der Waals surface area contributed by atoms with Crippen molar-refractivity contribution in [2.75, 3.05) is 19.8 Å². The number of aliphatic carboxylic acids is 1. The van der Waals surface area contributed by atoms with Gasteiger partial charge in [0.15, 0.2) is 0 Å². The Hall–Kier alpha value is -1.70. The van der Waals surface area contributed by atoms with E-state index in [-0.39, 0.29) is 19.8 Å². The lowest BCUT2D eigenvalue weighted by atomic mass is 10.5. The predicted molar refractivity (Wildman–Crippen MR) is 64.8 cm³/mol. The summed E-state index contributed by atoms with van der Waals surface area (Å²) in [4.78, 5) is 19.4. The van der Waals surface area contributed by atoms with Crippen molar-refractivity contribution in [3.05, 3.63) is 25.3 Å². The van der Waals surface area contributed by atoms with Crippen LogP contribution in [0.3, 0.4) is 0 Å². The number of esters is 1. The van der Waals surface area contributed by atoms with Crippen LogP contribution in [0.2, 0.25) is 0 Å². The smallest absolute Gasteiger partial charge is 0.330 e. The molecule has 0 amide bonds. The van der Waals surface area contributed by atoms with Crippen molar-refractivity contribution in [3.63, 3.8) is 0 Å². The second-order valence-electron chi connectivity index (χ2n) is 2.67. The zero-order valence-electron chi connectivity index (χ0n) is 10.3. The summed E-state index contributed by atoms with van der Waals surface area (Å²) in [6.45, 7) is 7.41. The normalized spacial score (nSPS) is 9.56. The Balaban J connectivity index is -0.000000197. The quantitative estimate of drug-likeness (QED) is 0.383. The molecule has 7 heteroatoms. The highest BCUT2D eigenvalue weighted by Gasteiger charge is 1.90. The van der Waals surface area contributed by atoms with Crippen LogP contribution in [0.25, 0.3) is 0 Å². The van der Waals surface area contributed by atoms with Crippen molar-refractivity contribution in [3.8, 4) is 0 Å². The minimum absolute atomic E-state index is 0.0465. The van der Waals surface area contributed by atoms with E-state index < -0.39 is 18.0 Å². The molecular formula is C11H20O7. The van der Waals surface area contributed by atoms with Gasteiger partial charge in [0, 0.05) is 12.2 Å². The summed E-state index contributed by atoms with van der Waals surface area (Å²) in [5, 5.41) is 31.7. The number of carboxylic acids is 1. The first-order chi connectivity index (χ1) is 8.35.